The van der Waals surface area contributed by atoms with Crippen molar-refractivity contribution in [2.75, 3.05) is 13.2 Å². The first-order valence-electron chi connectivity index (χ1n) is 9.96. The lowest BCUT2D eigenvalue weighted by atomic mass is 10.0. The van der Waals surface area contributed by atoms with E-state index in [1.165, 1.54) is 0 Å². The van der Waals surface area contributed by atoms with Crippen LogP contribution in [0.4, 0.5) is 0 Å². The first-order valence-corrected chi connectivity index (χ1v) is 9.96. The van der Waals surface area contributed by atoms with E-state index in [2.05, 4.69) is 4.98 Å². The minimum atomic E-state index is -0.928. The second-order valence-electron chi connectivity index (χ2n) is 7.26. The normalized spacial score (nSPS) is 11.0. The Kier molecular flexibility index (Phi) is 7.38. The Hall–Kier alpha value is -2.96. The summed E-state index contributed by atoms with van der Waals surface area (Å²) in [7, 11) is 0. The predicted octanol–water partition coefficient (Wildman–Crippen LogP) is 5.09. The molecule has 3 aromatic rings. The van der Waals surface area contributed by atoms with Gasteiger partial charge in [-0.25, -0.2) is 9.78 Å². The highest BCUT2D eigenvalue weighted by Crippen LogP contribution is 2.23. The summed E-state index contributed by atoms with van der Waals surface area (Å²) < 4.78 is 17.1. The molecular formula is C24H27NO5. The summed E-state index contributed by atoms with van der Waals surface area (Å²) in [4.78, 5) is 15.9. The Bertz CT molecular complexity index is 1010. The molecular weight excluding hydrogens is 382 g/mol. The van der Waals surface area contributed by atoms with Crippen LogP contribution in [-0.4, -0.2) is 29.3 Å². The molecule has 0 aliphatic heterocycles. The number of carbonyl (C=O) groups is 1. The van der Waals surface area contributed by atoms with Crippen molar-refractivity contribution in [3.05, 3.63) is 76.2 Å². The predicted molar refractivity (Wildman–Crippen MR) is 113 cm³/mol. The number of aromatic nitrogens is 1. The molecule has 0 bridgehead atoms. The second-order valence-corrected chi connectivity index (χ2v) is 7.26. The largest absolute Gasteiger partial charge is 0.478 e. The highest BCUT2D eigenvalue weighted by molar-refractivity contribution is 5.91. The number of aryl methyl sites for hydroxylation is 3. The Morgan fingerprint density at radius 3 is 2.50 bits per heavy atom. The van der Waals surface area contributed by atoms with Gasteiger partial charge in [-0.05, 0) is 50.5 Å². The lowest BCUT2D eigenvalue weighted by molar-refractivity contribution is 0.0639. The van der Waals surface area contributed by atoms with Crippen LogP contribution in [-0.2, 0) is 22.7 Å². The Morgan fingerprint density at radius 2 is 1.77 bits per heavy atom. The van der Waals surface area contributed by atoms with Gasteiger partial charge in [0.25, 0.3) is 0 Å². The van der Waals surface area contributed by atoms with E-state index in [0.717, 1.165) is 28.1 Å². The van der Waals surface area contributed by atoms with Crippen molar-refractivity contribution >= 4 is 5.97 Å². The zero-order valence-electron chi connectivity index (χ0n) is 17.6. The summed E-state index contributed by atoms with van der Waals surface area (Å²) in [5, 5.41) is 9.35. The van der Waals surface area contributed by atoms with Crippen molar-refractivity contribution < 1.29 is 23.8 Å². The SMILES string of the molecule is Cc1cccc(-c2nc(COCCCOCc3cccc(C)c3C(=O)O)c(C)o2)c1. The van der Waals surface area contributed by atoms with E-state index in [9.17, 15) is 9.90 Å². The zero-order valence-corrected chi connectivity index (χ0v) is 17.6. The second kappa shape index (κ2) is 10.2. The van der Waals surface area contributed by atoms with Crippen LogP contribution >= 0.6 is 0 Å². The molecule has 0 unspecified atom stereocenters. The van der Waals surface area contributed by atoms with Crippen molar-refractivity contribution in [3.63, 3.8) is 0 Å². The van der Waals surface area contributed by atoms with Gasteiger partial charge in [0.15, 0.2) is 0 Å². The number of aromatic carboxylic acids is 1. The smallest absolute Gasteiger partial charge is 0.336 e. The fraction of sp³-hybridized carbons (Fsp3) is 0.333. The van der Waals surface area contributed by atoms with Gasteiger partial charge in [-0.1, -0.05) is 35.9 Å². The van der Waals surface area contributed by atoms with Gasteiger partial charge in [-0.3, -0.25) is 0 Å². The van der Waals surface area contributed by atoms with Crippen molar-refractivity contribution in [1.82, 2.24) is 4.98 Å². The van der Waals surface area contributed by atoms with Crippen LogP contribution in [0.5, 0.6) is 0 Å². The Morgan fingerprint density at radius 1 is 1.03 bits per heavy atom. The summed E-state index contributed by atoms with van der Waals surface area (Å²) in [6.07, 6.45) is 0.704. The lowest BCUT2D eigenvalue weighted by Crippen LogP contribution is -2.08. The van der Waals surface area contributed by atoms with Gasteiger partial charge < -0.3 is 19.0 Å². The van der Waals surface area contributed by atoms with Crippen molar-refractivity contribution in [1.29, 1.82) is 0 Å². The number of carboxylic acids is 1. The average Bonchev–Trinajstić information content (AvgIpc) is 3.07. The number of nitrogens with zero attached hydrogens (tertiary/aromatic N) is 1. The van der Waals surface area contributed by atoms with Gasteiger partial charge in [-0.15, -0.1) is 0 Å². The minimum absolute atomic E-state index is 0.269. The molecule has 6 nitrogen and oxygen atoms in total. The number of oxazole rings is 1. The van der Waals surface area contributed by atoms with Gasteiger partial charge in [0.1, 0.15) is 11.5 Å². The summed E-state index contributed by atoms with van der Waals surface area (Å²) in [5.74, 6) is 0.428. The third-order valence-electron chi connectivity index (χ3n) is 4.80. The van der Waals surface area contributed by atoms with E-state index >= 15 is 0 Å². The summed E-state index contributed by atoms with van der Waals surface area (Å²) in [6.45, 7) is 7.36. The number of carboxylic acid groups (broad SMARTS) is 1. The van der Waals surface area contributed by atoms with Gasteiger partial charge in [-0.2, -0.15) is 0 Å². The maximum absolute atomic E-state index is 11.4. The lowest BCUT2D eigenvalue weighted by Gasteiger charge is -2.09. The van der Waals surface area contributed by atoms with Crippen molar-refractivity contribution in [2.45, 2.75) is 40.4 Å². The van der Waals surface area contributed by atoms with Crippen LogP contribution < -0.4 is 0 Å². The summed E-state index contributed by atoms with van der Waals surface area (Å²) >= 11 is 0. The molecule has 0 aliphatic carbocycles. The number of hydrogen-bond donors (Lipinski definition) is 1. The molecule has 6 heteroatoms. The first-order chi connectivity index (χ1) is 14.5. The Balaban J connectivity index is 1.41. The molecule has 1 heterocycles. The Labute approximate surface area is 176 Å². The first kappa shape index (κ1) is 21.7. The molecule has 0 radical (unpaired) electrons. The maximum Gasteiger partial charge on any atom is 0.336 e. The van der Waals surface area contributed by atoms with E-state index in [0.29, 0.717) is 43.3 Å². The number of benzene rings is 2. The number of hydrogen-bond acceptors (Lipinski definition) is 5. The molecule has 1 aromatic heterocycles. The molecule has 0 saturated carbocycles. The van der Waals surface area contributed by atoms with E-state index in [-0.39, 0.29) is 6.61 Å². The molecule has 0 aliphatic rings. The number of rotatable bonds is 10. The topological polar surface area (TPSA) is 81.8 Å². The van der Waals surface area contributed by atoms with Crippen LogP contribution in [0.1, 0.15) is 44.9 Å². The summed E-state index contributed by atoms with van der Waals surface area (Å²) in [5.41, 5.74) is 4.64. The van der Waals surface area contributed by atoms with E-state index < -0.39 is 5.97 Å². The molecule has 0 fully saturated rings. The van der Waals surface area contributed by atoms with Gasteiger partial charge in [0.05, 0.1) is 18.8 Å². The van der Waals surface area contributed by atoms with Crippen LogP contribution in [0, 0.1) is 20.8 Å². The molecule has 2 aromatic carbocycles. The fourth-order valence-electron chi connectivity index (χ4n) is 3.23. The van der Waals surface area contributed by atoms with Crippen molar-refractivity contribution in [3.8, 4) is 11.5 Å². The van der Waals surface area contributed by atoms with Gasteiger partial charge in [0, 0.05) is 18.8 Å². The molecule has 0 amide bonds. The van der Waals surface area contributed by atoms with Crippen molar-refractivity contribution in [2.24, 2.45) is 0 Å². The number of ether oxygens (including phenoxy) is 2. The van der Waals surface area contributed by atoms with Crippen LogP contribution in [0.3, 0.4) is 0 Å². The third kappa shape index (κ3) is 5.55. The highest BCUT2D eigenvalue weighted by atomic mass is 16.5. The van der Waals surface area contributed by atoms with E-state index in [1.54, 1.807) is 19.1 Å². The quantitative estimate of drug-likeness (QED) is 0.470. The molecule has 0 atom stereocenters. The molecule has 0 saturated heterocycles. The van der Waals surface area contributed by atoms with Crippen LogP contribution in [0.15, 0.2) is 46.9 Å². The third-order valence-corrected chi connectivity index (χ3v) is 4.80. The van der Waals surface area contributed by atoms with Gasteiger partial charge >= 0.3 is 5.97 Å². The fourth-order valence-corrected chi connectivity index (χ4v) is 3.23. The van der Waals surface area contributed by atoms with E-state index in [4.69, 9.17) is 13.9 Å². The average molecular weight is 409 g/mol. The zero-order chi connectivity index (χ0) is 21.5. The molecule has 0 spiro atoms. The summed E-state index contributed by atoms with van der Waals surface area (Å²) in [6, 6.07) is 13.4. The van der Waals surface area contributed by atoms with Crippen LogP contribution in [0.25, 0.3) is 11.5 Å². The monoisotopic (exact) mass is 409 g/mol. The standard InChI is InChI=1S/C24H27NO5/c1-16-7-4-9-19(13-16)23-25-21(18(3)30-23)15-29-12-6-11-28-14-20-10-5-8-17(2)22(20)24(26)27/h4-5,7-10,13H,6,11-12,14-15H2,1-3H3,(H,26,27). The van der Waals surface area contributed by atoms with E-state index in [1.807, 2.05) is 44.2 Å². The molecule has 3 rings (SSSR count). The molecule has 1 N–H and O–H groups in total. The minimum Gasteiger partial charge on any atom is -0.478 e. The van der Waals surface area contributed by atoms with Gasteiger partial charge in [0.2, 0.25) is 5.89 Å². The van der Waals surface area contributed by atoms with Crippen LogP contribution in [0.2, 0.25) is 0 Å². The highest BCUT2D eigenvalue weighted by Gasteiger charge is 2.13. The molecule has 30 heavy (non-hydrogen) atoms. The molecule has 158 valence electrons. The maximum atomic E-state index is 11.4.